The number of benzene rings is 1. The lowest BCUT2D eigenvalue weighted by Crippen LogP contribution is -2.37. The van der Waals surface area contributed by atoms with Crippen LogP contribution in [-0.2, 0) is 14.8 Å². The number of aromatic amines is 1. The van der Waals surface area contributed by atoms with E-state index in [4.69, 9.17) is 0 Å². The summed E-state index contributed by atoms with van der Waals surface area (Å²) in [5, 5.41) is 0. The molecule has 1 N–H and O–H groups in total. The second-order valence-corrected chi connectivity index (χ2v) is 8.26. The molecule has 8 heteroatoms. The van der Waals surface area contributed by atoms with E-state index in [1.165, 1.54) is 4.31 Å². The number of aromatic nitrogens is 2. The SMILES string of the molecule is CCCCC(=O)N1CCCN(S(=O)(=O)c2ccc3nc[nH]c3c2)CC1. The number of fused-ring (bicyclic) bond motifs is 1. The lowest BCUT2D eigenvalue weighted by molar-refractivity contribution is -0.131. The maximum absolute atomic E-state index is 12.9. The summed E-state index contributed by atoms with van der Waals surface area (Å²) in [6, 6.07) is 4.91. The smallest absolute Gasteiger partial charge is 0.243 e. The quantitative estimate of drug-likeness (QED) is 0.879. The number of carbonyl (C=O) groups excluding carboxylic acids is 1. The third-order valence-electron chi connectivity index (χ3n) is 4.58. The molecule has 1 fully saturated rings. The largest absolute Gasteiger partial charge is 0.345 e. The number of carbonyl (C=O) groups is 1. The van der Waals surface area contributed by atoms with E-state index in [9.17, 15) is 13.2 Å². The molecule has 136 valence electrons. The van der Waals surface area contributed by atoms with Gasteiger partial charge in [-0.25, -0.2) is 13.4 Å². The zero-order chi connectivity index (χ0) is 17.9. The van der Waals surface area contributed by atoms with Crippen LogP contribution in [0.15, 0.2) is 29.4 Å². The van der Waals surface area contributed by atoms with Crippen molar-refractivity contribution in [3.63, 3.8) is 0 Å². The zero-order valence-corrected chi connectivity index (χ0v) is 15.3. The Labute approximate surface area is 148 Å². The number of hydrogen-bond acceptors (Lipinski definition) is 4. The molecule has 1 aromatic heterocycles. The summed E-state index contributed by atoms with van der Waals surface area (Å²) in [5.74, 6) is 0.125. The van der Waals surface area contributed by atoms with Gasteiger partial charge in [0.25, 0.3) is 0 Å². The van der Waals surface area contributed by atoms with Crippen molar-refractivity contribution in [2.24, 2.45) is 0 Å². The molecular formula is C17H24N4O3S. The van der Waals surface area contributed by atoms with Crippen molar-refractivity contribution in [2.75, 3.05) is 26.2 Å². The number of rotatable bonds is 5. The van der Waals surface area contributed by atoms with E-state index < -0.39 is 10.0 Å². The first-order valence-corrected chi connectivity index (χ1v) is 10.2. The first-order chi connectivity index (χ1) is 12.0. The Kier molecular flexibility index (Phi) is 5.39. The van der Waals surface area contributed by atoms with Gasteiger partial charge in [-0.3, -0.25) is 4.79 Å². The van der Waals surface area contributed by atoms with E-state index in [0.717, 1.165) is 18.4 Å². The van der Waals surface area contributed by atoms with Gasteiger partial charge in [-0.2, -0.15) is 4.31 Å². The van der Waals surface area contributed by atoms with Crippen LogP contribution in [0, 0.1) is 0 Å². The molecule has 2 heterocycles. The molecular weight excluding hydrogens is 340 g/mol. The molecule has 1 aliphatic heterocycles. The third-order valence-corrected chi connectivity index (χ3v) is 6.48. The highest BCUT2D eigenvalue weighted by Crippen LogP contribution is 2.21. The average molecular weight is 364 g/mol. The number of nitrogens with zero attached hydrogens (tertiary/aromatic N) is 3. The molecule has 0 atom stereocenters. The third kappa shape index (κ3) is 3.85. The predicted octanol–water partition coefficient (Wildman–Crippen LogP) is 1.98. The number of unbranched alkanes of at least 4 members (excludes halogenated alkanes) is 1. The topological polar surface area (TPSA) is 86.4 Å². The minimum Gasteiger partial charge on any atom is -0.345 e. The Morgan fingerprint density at radius 1 is 1.24 bits per heavy atom. The molecule has 0 aliphatic carbocycles. The second kappa shape index (κ2) is 7.53. The molecule has 1 amide bonds. The molecule has 3 rings (SSSR count). The highest BCUT2D eigenvalue weighted by Gasteiger charge is 2.28. The number of H-pyrrole nitrogens is 1. The number of nitrogens with one attached hydrogen (secondary N) is 1. The van der Waals surface area contributed by atoms with Gasteiger partial charge in [0.2, 0.25) is 15.9 Å². The molecule has 0 radical (unpaired) electrons. The fourth-order valence-electron chi connectivity index (χ4n) is 3.09. The van der Waals surface area contributed by atoms with Crippen LogP contribution < -0.4 is 0 Å². The molecule has 1 saturated heterocycles. The minimum absolute atomic E-state index is 0.125. The second-order valence-electron chi connectivity index (χ2n) is 6.32. The van der Waals surface area contributed by atoms with Gasteiger partial charge in [-0.15, -0.1) is 0 Å². The van der Waals surface area contributed by atoms with Crippen molar-refractivity contribution in [3.05, 3.63) is 24.5 Å². The van der Waals surface area contributed by atoms with Gasteiger partial charge in [-0.05, 0) is 31.0 Å². The Bertz CT molecular complexity index is 846. The molecule has 25 heavy (non-hydrogen) atoms. The van der Waals surface area contributed by atoms with Crippen LogP contribution in [-0.4, -0.2) is 59.7 Å². The van der Waals surface area contributed by atoms with E-state index in [1.807, 2.05) is 0 Å². The van der Waals surface area contributed by atoms with Crippen molar-refractivity contribution < 1.29 is 13.2 Å². The first-order valence-electron chi connectivity index (χ1n) is 8.73. The Hall–Kier alpha value is -1.93. The van der Waals surface area contributed by atoms with Gasteiger partial charge in [0.1, 0.15) is 0 Å². The van der Waals surface area contributed by atoms with Crippen LogP contribution >= 0.6 is 0 Å². The molecule has 0 bridgehead atoms. The van der Waals surface area contributed by atoms with Crippen LogP contribution in [0.25, 0.3) is 11.0 Å². The lowest BCUT2D eigenvalue weighted by Gasteiger charge is -2.22. The molecule has 0 spiro atoms. The van der Waals surface area contributed by atoms with Gasteiger partial charge in [0.05, 0.1) is 22.3 Å². The van der Waals surface area contributed by atoms with E-state index in [-0.39, 0.29) is 10.8 Å². The van der Waals surface area contributed by atoms with E-state index in [2.05, 4.69) is 16.9 Å². The van der Waals surface area contributed by atoms with Gasteiger partial charge < -0.3 is 9.88 Å². The molecule has 0 saturated carbocycles. The molecule has 7 nitrogen and oxygen atoms in total. The summed E-state index contributed by atoms with van der Waals surface area (Å²) < 4.78 is 27.4. The Morgan fingerprint density at radius 3 is 2.88 bits per heavy atom. The molecule has 1 aromatic carbocycles. The summed E-state index contributed by atoms with van der Waals surface area (Å²) in [6.45, 7) is 3.89. The number of imidazole rings is 1. The fraction of sp³-hybridized carbons (Fsp3) is 0.529. The summed E-state index contributed by atoms with van der Waals surface area (Å²) in [4.78, 5) is 21.3. The Balaban J connectivity index is 1.73. The van der Waals surface area contributed by atoms with Crippen molar-refractivity contribution in [1.29, 1.82) is 0 Å². The van der Waals surface area contributed by atoms with Crippen molar-refractivity contribution >= 4 is 27.0 Å². The van der Waals surface area contributed by atoms with Crippen LogP contribution in [0.5, 0.6) is 0 Å². The maximum atomic E-state index is 12.9. The minimum atomic E-state index is -3.57. The van der Waals surface area contributed by atoms with Gasteiger partial charge in [-0.1, -0.05) is 13.3 Å². The first kappa shape index (κ1) is 17.9. The van der Waals surface area contributed by atoms with Crippen molar-refractivity contribution in [3.8, 4) is 0 Å². The van der Waals surface area contributed by atoms with Crippen LogP contribution in [0.1, 0.15) is 32.6 Å². The lowest BCUT2D eigenvalue weighted by atomic mass is 10.2. The van der Waals surface area contributed by atoms with E-state index in [0.29, 0.717) is 44.5 Å². The number of amides is 1. The van der Waals surface area contributed by atoms with Crippen molar-refractivity contribution in [1.82, 2.24) is 19.2 Å². The number of hydrogen-bond donors (Lipinski definition) is 1. The summed E-state index contributed by atoms with van der Waals surface area (Å²) in [5.41, 5.74) is 1.44. The fourth-order valence-corrected chi connectivity index (χ4v) is 4.59. The van der Waals surface area contributed by atoms with Crippen LogP contribution in [0.3, 0.4) is 0 Å². The standard InChI is InChI=1S/C17H24N4O3S/c1-2-3-5-17(22)20-8-4-9-21(11-10-20)25(23,24)14-6-7-15-16(12-14)19-13-18-15/h6-7,12-13H,2-5,8-11H2,1H3,(H,18,19). The molecule has 0 unspecified atom stereocenters. The highest BCUT2D eigenvalue weighted by molar-refractivity contribution is 7.89. The van der Waals surface area contributed by atoms with Gasteiger partial charge in [0.15, 0.2) is 0 Å². The molecule has 1 aliphatic rings. The molecule has 2 aromatic rings. The van der Waals surface area contributed by atoms with Crippen molar-refractivity contribution in [2.45, 2.75) is 37.5 Å². The van der Waals surface area contributed by atoms with E-state index >= 15 is 0 Å². The van der Waals surface area contributed by atoms with Crippen LogP contribution in [0.2, 0.25) is 0 Å². The maximum Gasteiger partial charge on any atom is 0.243 e. The average Bonchev–Trinajstić information content (AvgIpc) is 2.93. The summed E-state index contributed by atoms with van der Waals surface area (Å²) >= 11 is 0. The zero-order valence-electron chi connectivity index (χ0n) is 14.4. The Morgan fingerprint density at radius 2 is 2.08 bits per heavy atom. The summed E-state index contributed by atoms with van der Waals surface area (Å²) in [6.07, 6.45) is 4.60. The highest BCUT2D eigenvalue weighted by atomic mass is 32.2. The normalized spacial score (nSPS) is 16.9. The van der Waals surface area contributed by atoms with Gasteiger partial charge >= 0.3 is 0 Å². The number of sulfonamides is 1. The van der Waals surface area contributed by atoms with Gasteiger partial charge in [0, 0.05) is 32.6 Å². The summed E-state index contributed by atoms with van der Waals surface area (Å²) in [7, 11) is -3.57. The predicted molar refractivity (Wildman–Crippen MR) is 95.6 cm³/mol. The van der Waals surface area contributed by atoms with E-state index in [1.54, 1.807) is 29.4 Å². The van der Waals surface area contributed by atoms with Crippen LogP contribution in [0.4, 0.5) is 0 Å². The monoisotopic (exact) mass is 364 g/mol.